The van der Waals surface area contributed by atoms with E-state index in [4.69, 9.17) is 20.9 Å². The third kappa shape index (κ3) is 9.15. The number of aliphatic hydroxyl groups is 1. The first-order valence-corrected chi connectivity index (χ1v) is 6.12. The Morgan fingerprint density at radius 2 is 1.71 bits per heavy atom. The number of carboxylic acid groups (broad SMARTS) is 1. The fraction of sp³-hybridized carbons (Fsp3) is 0.900. The zero-order chi connectivity index (χ0) is 16.0. The minimum Gasteiger partial charge on any atom is -0.480 e. The van der Waals surface area contributed by atoms with Gasteiger partial charge in [-0.05, 0) is 19.2 Å². The summed E-state index contributed by atoms with van der Waals surface area (Å²) in [4.78, 5) is 11.1. The van der Waals surface area contributed by atoms with E-state index in [1.165, 1.54) is 0 Å². The number of hydrogen-bond acceptors (Lipinski definition) is 5. The van der Waals surface area contributed by atoms with Crippen LogP contribution in [0, 0.1) is 0 Å². The van der Waals surface area contributed by atoms with Crippen LogP contribution in [0.1, 0.15) is 32.1 Å². The molecular formula is C10H20BClF3NO5. The van der Waals surface area contributed by atoms with Crippen LogP contribution in [0.15, 0.2) is 0 Å². The molecule has 0 fully saturated rings. The van der Waals surface area contributed by atoms with Gasteiger partial charge in [0.25, 0.3) is 0 Å². The van der Waals surface area contributed by atoms with Crippen molar-refractivity contribution in [2.75, 3.05) is 0 Å². The number of halogens is 4. The molecule has 0 aliphatic rings. The summed E-state index contributed by atoms with van der Waals surface area (Å²) in [6.45, 7) is 0. The van der Waals surface area contributed by atoms with Gasteiger partial charge < -0.3 is 26.0 Å². The average Bonchev–Trinajstić information content (AvgIpc) is 2.29. The predicted octanol–water partition coefficient (Wildman–Crippen LogP) is 0.537. The summed E-state index contributed by atoms with van der Waals surface area (Å²) in [6, 6.07) is 0. The van der Waals surface area contributed by atoms with Gasteiger partial charge in [-0.25, -0.2) is 0 Å². The number of alkyl halides is 3. The minimum atomic E-state index is -4.50. The number of rotatable bonds is 9. The first kappa shape index (κ1) is 22.7. The maximum Gasteiger partial charge on any atom is 0.451 e. The standard InChI is InChI=1S/C10H19BF3NO5.ClH/c12-10(13,14)5-3-7(16)9(15,8(17)18)4-1-2-6-11(19)20;/h7,16,19-20H,1-6,15H2,(H,17,18);1H. The molecule has 0 heterocycles. The summed E-state index contributed by atoms with van der Waals surface area (Å²) in [5.41, 5.74) is 3.31. The van der Waals surface area contributed by atoms with E-state index in [-0.39, 0.29) is 38.0 Å². The molecule has 0 rings (SSSR count). The van der Waals surface area contributed by atoms with Gasteiger partial charge in [0.1, 0.15) is 5.54 Å². The van der Waals surface area contributed by atoms with E-state index >= 15 is 0 Å². The molecule has 0 bridgehead atoms. The van der Waals surface area contributed by atoms with Crippen LogP contribution in [0.4, 0.5) is 13.2 Å². The first-order chi connectivity index (χ1) is 8.99. The van der Waals surface area contributed by atoms with Crippen LogP contribution in [-0.4, -0.2) is 51.2 Å². The molecule has 6 N–H and O–H groups in total. The molecule has 0 aromatic carbocycles. The molecule has 6 nitrogen and oxygen atoms in total. The van der Waals surface area contributed by atoms with Gasteiger partial charge in [-0.1, -0.05) is 12.8 Å². The maximum atomic E-state index is 12.0. The van der Waals surface area contributed by atoms with E-state index in [0.29, 0.717) is 0 Å². The van der Waals surface area contributed by atoms with Gasteiger partial charge in [0.05, 0.1) is 6.10 Å². The van der Waals surface area contributed by atoms with Crippen molar-refractivity contribution in [1.29, 1.82) is 0 Å². The van der Waals surface area contributed by atoms with Gasteiger partial charge in [0, 0.05) is 6.42 Å². The van der Waals surface area contributed by atoms with E-state index in [9.17, 15) is 23.1 Å². The van der Waals surface area contributed by atoms with Crippen LogP contribution in [0.2, 0.25) is 6.32 Å². The molecule has 21 heavy (non-hydrogen) atoms. The molecule has 0 radical (unpaired) electrons. The van der Waals surface area contributed by atoms with Gasteiger partial charge in [-0.3, -0.25) is 4.79 Å². The van der Waals surface area contributed by atoms with Crippen molar-refractivity contribution in [3.63, 3.8) is 0 Å². The Labute approximate surface area is 126 Å². The van der Waals surface area contributed by atoms with Crippen molar-refractivity contribution >= 4 is 25.5 Å². The molecule has 0 aromatic rings. The third-order valence-corrected chi connectivity index (χ3v) is 3.00. The van der Waals surface area contributed by atoms with Crippen molar-refractivity contribution in [3.8, 4) is 0 Å². The molecule has 0 aromatic heterocycles. The molecule has 0 aliphatic heterocycles. The molecule has 11 heteroatoms. The van der Waals surface area contributed by atoms with Crippen molar-refractivity contribution in [3.05, 3.63) is 0 Å². The van der Waals surface area contributed by atoms with Crippen molar-refractivity contribution in [1.82, 2.24) is 0 Å². The highest BCUT2D eigenvalue weighted by Crippen LogP contribution is 2.27. The highest BCUT2D eigenvalue weighted by Gasteiger charge is 2.42. The van der Waals surface area contributed by atoms with Gasteiger partial charge in [-0.2, -0.15) is 13.2 Å². The van der Waals surface area contributed by atoms with Gasteiger partial charge in [0.15, 0.2) is 0 Å². The molecule has 126 valence electrons. The van der Waals surface area contributed by atoms with Crippen molar-refractivity contribution in [2.45, 2.75) is 56.2 Å². The Hall–Kier alpha value is -0.545. The van der Waals surface area contributed by atoms with Crippen LogP contribution in [-0.2, 0) is 4.79 Å². The molecule has 0 aliphatic carbocycles. The number of carbonyl (C=O) groups is 1. The van der Waals surface area contributed by atoms with Crippen LogP contribution >= 0.6 is 12.4 Å². The maximum absolute atomic E-state index is 12.0. The summed E-state index contributed by atoms with van der Waals surface area (Å²) in [5.74, 6) is -1.59. The summed E-state index contributed by atoms with van der Waals surface area (Å²) in [5, 5.41) is 35.8. The summed E-state index contributed by atoms with van der Waals surface area (Å²) >= 11 is 0. The van der Waals surface area contributed by atoms with Crippen LogP contribution in [0.3, 0.4) is 0 Å². The highest BCUT2D eigenvalue weighted by molar-refractivity contribution is 6.40. The van der Waals surface area contributed by atoms with E-state index in [2.05, 4.69) is 0 Å². The number of hydrogen-bond donors (Lipinski definition) is 5. The largest absolute Gasteiger partial charge is 0.480 e. The normalized spacial score (nSPS) is 15.8. The Bertz CT molecular complexity index is 322. The molecule has 0 saturated carbocycles. The fourth-order valence-corrected chi connectivity index (χ4v) is 1.72. The lowest BCUT2D eigenvalue weighted by atomic mass is 9.80. The molecule has 2 unspecified atom stereocenters. The van der Waals surface area contributed by atoms with Gasteiger partial charge in [0.2, 0.25) is 0 Å². The average molecular weight is 338 g/mol. The van der Waals surface area contributed by atoms with E-state index < -0.39 is 43.7 Å². The summed E-state index contributed by atoms with van der Waals surface area (Å²) in [7, 11) is -1.54. The Morgan fingerprint density at radius 3 is 2.10 bits per heavy atom. The number of carboxylic acids is 1. The van der Waals surface area contributed by atoms with Gasteiger partial charge in [-0.15, -0.1) is 12.4 Å². The second-order valence-electron chi connectivity index (χ2n) is 4.74. The van der Waals surface area contributed by atoms with E-state index in [1.54, 1.807) is 0 Å². The van der Waals surface area contributed by atoms with Crippen LogP contribution in [0.25, 0.3) is 0 Å². The number of nitrogens with two attached hydrogens (primary N) is 1. The minimum absolute atomic E-state index is 0. The number of aliphatic carboxylic acids is 1. The third-order valence-electron chi connectivity index (χ3n) is 3.00. The Balaban J connectivity index is 0. The quantitative estimate of drug-likeness (QED) is 0.309. The molecule has 0 saturated heterocycles. The first-order valence-electron chi connectivity index (χ1n) is 6.12. The van der Waals surface area contributed by atoms with E-state index in [1.807, 2.05) is 0 Å². The monoisotopic (exact) mass is 337 g/mol. The smallest absolute Gasteiger partial charge is 0.451 e. The Morgan fingerprint density at radius 1 is 1.19 bits per heavy atom. The van der Waals surface area contributed by atoms with Gasteiger partial charge >= 0.3 is 19.3 Å². The fourth-order valence-electron chi connectivity index (χ4n) is 1.72. The predicted molar refractivity (Wildman–Crippen MR) is 71.9 cm³/mol. The summed E-state index contributed by atoms with van der Waals surface area (Å²) in [6.07, 6.45) is -8.34. The molecule has 2 atom stereocenters. The Kier molecular flexibility index (Phi) is 10.2. The number of unbranched alkanes of at least 4 members (excludes halogenated alkanes) is 1. The van der Waals surface area contributed by atoms with Crippen molar-refractivity contribution < 1.29 is 38.2 Å². The summed E-state index contributed by atoms with van der Waals surface area (Å²) < 4.78 is 36.1. The zero-order valence-electron chi connectivity index (χ0n) is 11.2. The lowest BCUT2D eigenvalue weighted by Crippen LogP contribution is -2.57. The SMILES string of the molecule is Cl.NC(CCCCB(O)O)(C(=O)O)C(O)CCC(F)(F)F. The zero-order valence-corrected chi connectivity index (χ0v) is 12.0. The van der Waals surface area contributed by atoms with Crippen molar-refractivity contribution in [2.24, 2.45) is 5.73 Å². The van der Waals surface area contributed by atoms with Crippen LogP contribution < -0.4 is 5.73 Å². The molecular weight excluding hydrogens is 317 g/mol. The second-order valence-corrected chi connectivity index (χ2v) is 4.74. The lowest BCUT2D eigenvalue weighted by molar-refractivity contribution is -0.155. The lowest BCUT2D eigenvalue weighted by Gasteiger charge is -2.30. The molecule has 0 spiro atoms. The highest BCUT2D eigenvalue weighted by atomic mass is 35.5. The number of aliphatic hydroxyl groups excluding tert-OH is 1. The molecule has 0 amide bonds. The second kappa shape index (κ2) is 9.47. The van der Waals surface area contributed by atoms with E-state index in [0.717, 1.165) is 0 Å². The van der Waals surface area contributed by atoms with Crippen LogP contribution in [0.5, 0.6) is 0 Å². The topological polar surface area (TPSA) is 124 Å².